The van der Waals surface area contributed by atoms with Crippen LogP contribution in [-0.4, -0.2) is 24.4 Å². The van der Waals surface area contributed by atoms with Crippen LogP contribution in [0.15, 0.2) is 18.2 Å². The lowest BCUT2D eigenvalue weighted by Gasteiger charge is -2.28. The van der Waals surface area contributed by atoms with Crippen LogP contribution in [0.25, 0.3) is 0 Å². The first-order valence-corrected chi connectivity index (χ1v) is 7.78. The van der Waals surface area contributed by atoms with E-state index in [1.54, 1.807) is 24.1 Å². The molecule has 0 aromatic heterocycles. The third-order valence-corrected chi connectivity index (χ3v) is 4.01. The highest BCUT2D eigenvalue weighted by molar-refractivity contribution is 6.42. The van der Waals surface area contributed by atoms with E-state index in [1.807, 2.05) is 6.07 Å². The molecule has 1 amide bonds. The van der Waals surface area contributed by atoms with Crippen molar-refractivity contribution in [1.29, 1.82) is 0 Å². The zero-order valence-electron chi connectivity index (χ0n) is 13.1. The molecule has 0 bridgehead atoms. The minimum atomic E-state index is -0.155. The first-order chi connectivity index (χ1) is 9.64. The number of rotatable bonds is 5. The molecule has 1 atom stereocenters. The van der Waals surface area contributed by atoms with Gasteiger partial charge < -0.3 is 10.6 Å². The van der Waals surface area contributed by atoms with E-state index in [9.17, 15) is 4.79 Å². The highest BCUT2D eigenvalue weighted by Crippen LogP contribution is 2.26. The molecule has 5 heteroatoms. The van der Waals surface area contributed by atoms with E-state index >= 15 is 0 Å². The summed E-state index contributed by atoms with van der Waals surface area (Å²) >= 11 is 11.9. The SMILES string of the molecule is CN(Cc1ccc(Cl)c(Cl)c1)C(=O)C(CN)CC(C)(C)C. The second-order valence-corrected chi connectivity index (χ2v) is 7.45. The molecule has 0 fully saturated rings. The van der Waals surface area contributed by atoms with E-state index in [-0.39, 0.29) is 17.2 Å². The maximum atomic E-state index is 12.5. The van der Waals surface area contributed by atoms with Gasteiger partial charge in [-0.05, 0) is 29.5 Å². The summed E-state index contributed by atoms with van der Waals surface area (Å²) < 4.78 is 0. The molecule has 1 aromatic carbocycles. The van der Waals surface area contributed by atoms with Gasteiger partial charge in [0.1, 0.15) is 0 Å². The Bertz CT molecular complexity index is 498. The summed E-state index contributed by atoms with van der Waals surface area (Å²) in [5.74, 6) is -0.0868. The van der Waals surface area contributed by atoms with Gasteiger partial charge in [0.25, 0.3) is 0 Å². The second kappa shape index (κ2) is 7.48. The number of amides is 1. The average Bonchev–Trinajstić information content (AvgIpc) is 2.38. The summed E-state index contributed by atoms with van der Waals surface area (Å²) in [5.41, 5.74) is 6.79. The summed E-state index contributed by atoms with van der Waals surface area (Å²) in [6.45, 7) is 7.20. The van der Waals surface area contributed by atoms with Crippen molar-refractivity contribution in [3.63, 3.8) is 0 Å². The molecule has 0 heterocycles. The quantitative estimate of drug-likeness (QED) is 0.888. The Morgan fingerprint density at radius 2 is 1.90 bits per heavy atom. The van der Waals surface area contributed by atoms with E-state index in [0.29, 0.717) is 23.1 Å². The Morgan fingerprint density at radius 1 is 1.29 bits per heavy atom. The van der Waals surface area contributed by atoms with Gasteiger partial charge in [-0.15, -0.1) is 0 Å². The molecule has 0 radical (unpaired) electrons. The average molecular weight is 331 g/mol. The van der Waals surface area contributed by atoms with Gasteiger partial charge in [-0.1, -0.05) is 50.0 Å². The third-order valence-electron chi connectivity index (χ3n) is 3.27. The Morgan fingerprint density at radius 3 is 2.38 bits per heavy atom. The Balaban J connectivity index is 2.74. The van der Waals surface area contributed by atoms with Gasteiger partial charge in [-0.25, -0.2) is 0 Å². The number of benzene rings is 1. The van der Waals surface area contributed by atoms with Gasteiger partial charge >= 0.3 is 0 Å². The number of halogens is 2. The summed E-state index contributed by atoms with van der Waals surface area (Å²) in [5, 5.41) is 1.02. The zero-order chi connectivity index (χ0) is 16.2. The molecule has 0 spiro atoms. The van der Waals surface area contributed by atoms with Crippen molar-refractivity contribution in [2.45, 2.75) is 33.7 Å². The van der Waals surface area contributed by atoms with Crippen LogP contribution in [0.1, 0.15) is 32.8 Å². The lowest BCUT2D eigenvalue weighted by Crippen LogP contribution is -2.38. The fourth-order valence-corrected chi connectivity index (χ4v) is 2.63. The molecule has 118 valence electrons. The second-order valence-electron chi connectivity index (χ2n) is 6.64. The number of hydrogen-bond donors (Lipinski definition) is 1. The van der Waals surface area contributed by atoms with Gasteiger partial charge in [0, 0.05) is 20.1 Å². The molecule has 3 nitrogen and oxygen atoms in total. The Hall–Kier alpha value is -0.770. The third kappa shape index (κ3) is 5.85. The van der Waals surface area contributed by atoms with E-state index in [2.05, 4.69) is 20.8 Å². The summed E-state index contributed by atoms with van der Waals surface area (Å²) in [4.78, 5) is 14.2. The van der Waals surface area contributed by atoms with Gasteiger partial charge in [-0.3, -0.25) is 4.79 Å². The van der Waals surface area contributed by atoms with Crippen LogP contribution in [0.3, 0.4) is 0 Å². The highest BCUT2D eigenvalue weighted by Gasteiger charge is 2.26. The van der Waals surface area contributed by atoms with Crippen LogP contribution in [0.2, 0.25) is 10.0 Å². The Kier molecular flexibility index (Phi) is 6.51. The topological polar surface area (TPSA) is 46.3 Å². The molecule has 21 heavy (non-hydrogen) atoms. The number of nitrogens with two attached hydrogens (primary N) is 1. The van der Waals surface area contributed by atoms with Crippen LogP contribution in [-0.2, 0) is 11.3 Å². The lowest BCUT2D eigenvalue weighted by atomic mass is 9.84. The number of carbonyl (C=O) groups excluding carboxylic acids is 1. The minimum absolute atomic E-state index is 0.0681. The molecule has 1 rings (SSSR count). The molecule has 0 saturated carbocycles. The zero-order valence-corrected chi connectivity index (χ0v) is 14.6. The van der Waals surface area contributed by atoms with Gasteiger partial charge in [0.05, 0.1) is 16.0 Å². The normalized spacial score (nSPS) is 13.1. The van der Waals surface area contributed by atoms with Crippen LogP contribution in [0, 0.1) is 11.3 Å². The summed E-state index contributed by atoms with van der Waals surface area (Å²) in [6, 6.07) is 5.40. The maximum absolute atomic E-state index is 12.5. The molecule has 1 aromatic rings. The minimum Gasteiger partial charge on any atom is -0.341 e. The van der Waals surface area contributed by atoms with E-state index < -0.39 is 0 Å². The fraction of sp³-hybridized carbons (Fsp3) is 0.562. The van der Waals surface area contributed by atoms with Gasteiger partial charge in [0.15, 0.2) is 0 Å². The monoisotopic (exact) mass is 330 g/mol. The molecule has 0 aliphatic rings. The van der Waals surface area contributed by atoms with Crippen LogP contribution in [0.5, 0.6) is 0 Å². The molecule has 0 aliphatic heterocycles. The van der Waals surface area contributed by atoms with E-state index in [0.717, 1.165) is 12.0 Å². The molecule has 1 unspecified atom stereocenters. The highest BCUT2D eigenvalue weighted by atomic mass is 35.5. The van der Waals surface area contributed by atoms with Crippen molar-refractivity contribution in [1.82, 2.24) is 4.90 Å². The number of carbonyl (C=O) groups is 1. The van der Waals surface area contributed by atoms with Crippen molar-refractivity contribution in [2.24, 2.45) is 17.1 Å². The predicted molar refractivity (Wildman–Crippen MR) is 89.6 cm³/mol. The molecule has 0 aliphatic carbocycles. The van der Waals surface area contributed by atoms with Crippen molar-refractivity contribution in [3.05, 3.63) is 33.8 Å². The molecular formula is C16H24Cl2N2O. The molecular weight excluding hydrogens is 307 g/mol. The molecule has 0 saturated heterocycles. The first kappa shape index (κ1) is 18.3. The standard InChI is InChI=1S/C16H24Cl2N2O/c1-16(2,3)8-12(9-19)15(21)20(4)10-11-5-6-13(17)14(18)7-11/h5-7,12H,8-10,19H2,1-4H3. The van der Waals surface area contributed by atoms with E-state index in [4.69, 9.17) is 28.9 Å². The first-order valence-electron chi connectivity index (χ1n) is 7.03. The number of nitrogens with zero attached hydrogens (tertiary/aromatic N) is 1. The van der Waals surface area contributed by atoms with Crippen molar-refractivity contribution in [2.75, 3.05) is 13.6 Å². The van der Waals surface area contributed by atoms with Crippen molar-refractivity contribution in [3.8, 4) is 0 Å². The van der Waals surface area contributed by atoms with Gasteiger partial charge in [0.2, 0.25) is 5.91 Å². The molecule has 2 N–H and O–H groups in total. The van der Waals surface area contributed by atoms with Crippen LogP contribution < -0.4 is 5.73 Å². The summed E-state index contributed by atoms with van der Waals surface area (Å²) in [7, 11) is 1.79. The predicted octanol–water partition coefficient (Wildman–Crippen LogP) is 3.96. The number of hydrogen-bond acceptors (Lipinski definition) is 2. The van der Waals surface area contributed by atoms with E-state index in [1.165, 1.54) is 0 Å². The van der Waals surface area contributed by atoms with Crippen LogP contribution >= 0.6 is 23.2 Å². The van der Waals surface area contributed by atoms with Gasteiger partial charge in [-0.2, -0.15) is 0 Å². The Labute approximate surface area is 137 Å². The largest absolute Gasteiger partial charge is 0.341 e. The fourth-order valence-electron chi connectivity index (χ4n) is 2.31. The van der Waals surface area contributed by atoms with Crippen molar-refractivity contribution < 1.29 is 4.79 Å². The summed E-state index contributed by atoms with van der Waals surface area (Å²) in [6.07, 6.45) is 0.772. The lowest BCUT2D eigenvalue weighted by molar-refractivity contribution is -0.135. The maximum Gasteiger partial charge on any atom is 0.227 e. The van der Waals surface area contributed by atoms with Crippen molar-refractivity contribution >= 4 is 29.1 Å². The van der Waals surface area contributed by atoms with Crippen LogP contribution in [0.4, 0.5) is 0 Å². The smallest absolute Gasteiger partial charge is 0.227 e.